The molecule has 5 atom stereocenters. The second-order valence-electron chi connectivity index (χ2n) is 11.8. The first-order valence-corrected chi connectivity index (χ1v) is 14.0. The Bertz CT molecular complexity index is 1110. The fourth-order valence-electron chi connectivity index (χ4n) is 7.36. The van der Waals surface area contributed by atoms with Gasteiger partial charge in [0.25, 0.3) is 0 Å². The first-order chi connectivity index (χ1) is 17.8. The van der Waals surface area contributed by atoms with Gasteiger partial charge in [-0.15, -0.1) is 0 Å². The molecule has 5 aliphatic rings. The highest BCUT2D eigenvalue weighted by Crippen LogP contribution is 2.50. The van der Waals surface area contributed by atoms with Gasteiger partial charge in [-0.05, 0) is 63.0 Å². The first-order valence-electron chi connectivity index (χ1n) is 14.0. The quantitative estimate of drug-likeness (QED) is 0.648. The largest absolute Gasteiger partial charge is 0.373 e. The average Bonchev–Trinajstić information content (AvgIpc) is 3.25. The standard InChI is InChI=1S/C28H38FN5O3/c1-16-9-10-20(29)24-23(17-5-3-6-17)26(31-25(16)24)27(36)30-18-7-4-8-19(13-18)33-11-12-34-21(14-33)28(37)32(2)15-22(34)35/h9-10,17-19,21,23,26,31H,3-8,11-15H2,1-2H3,(H,30,36)/t18-,19+,21+,23?,26?/m1/s1. The molecule has 1 aromatic carbocycles. The van der Waals surface area contributed by atoms with Gasteiger partial charge in [-0.1, -0.05) is 12.5 Å². The maximum Gasteiger partial charge on any atom is 0.246 e. The zero-order valence-electron chi connectivity index (χ0n) is 21.8. The van der Waals surface area contributed by atoms with Gasteiger partial charge in [-0.25, -0.2) is 4.39 Å². The molecule has 0 radical (unpaired) electrons. The van der Waals surface area contributed by atoms with Gasteiger partial charge in [-0.2, -0.15) is 0 Å². The molecule has 200 valence electrons. The number of carbonyl (C=O) groups excluding carboxylic acids is 3. The minimum absolute atomic E-state index is 0.0152. The highest BCUT2D eigenvalue weighted by Gasteiger charge is 2.47. The van der Waals surface area contributed by atoms with Crippen molar-refractivity contribution in [2.24, 2.45) is 5.92 Å². The number of anilines is 1. The van der Waals surface area contributed by atoms with Crippen molar-refractivity contribution in [3.05, 3.63) is 29.1 Å². The summed E-state index contributed by atoms with van der Waals surface area (Å²) in [7, 11) is 1.70. The molecular formula is C28H38FN5O3. The maximum absolute atomic E-state index is 15.0. The number of piperazine rings is 2. The number of aryl methyl sites for hydroxylation is 1. The number of carbonyl (C=O) groups is 3. The maximum atomic E-state index is 15.0. The molecule has 0 aromatic heterocycles. The Morgan fingerprint density at radius 3 is 2.65 bits per heavy atom. The van der Waals surface area contributed by atoms with Crippen molar-refractivity contribution in [3.63, 3.8) is 0 Å². The van der Waals surface area contributed by atoms with E-state index in [2.05, 4.69) is 15.5 Å². The summed E-state index contributed by atoms with van der Waals surface area (Å²) in [5.41, 5.74) is 2.48. The van der Waals surface area contributed by atoms with Gasteiger partial charge in [0.15, 0.2) is 0 Å². The first kappa shape index (κ1) is 24.6. The molecular weight excluding hydrogens is 473 g/mol. The van der Waals surface area contributed by atoms with E-state index in [1.165, 1.54) is 11.0 Å². The minimum Gasteiger partial charge on any atom is -0.373 e. The third kappa shape index (κ3) is 4.29. The van der Waals surface area contributed by atoms with Crippen LogP contribution in [-0.2, 0) is 14.4 Å². The van der Waals surface area contributed by atoms with Crippen molar-refractivity contribution in [3.8, 4) is 0 Å². The molecule has 2 unspecified atom stereocenters. The molecule has 1 aromatic rings. The number of likely N-dealkylation sites (N-methyl/N-ethyl adjacent to an activating group) is 1. The second-order valence-corrected chi connectivity index (χ2v) is 11.8. The number of halogens is 1. The number of fused-ring (bicyclic) bond motifs is 2. The molecule has 6 rings (SSSR count). The number of hydrogen-bond acceptors (Lipinski definition) is 5. The normalized spacial score (nSPS) is 32.5. The van der Waals surface area contributed by atoms with Gasteiger partial charge < -0.3 is 20.4 Å². The Morgan fingerprint density at radius 2 is 1.89 bits per heavy atom. The molecule has 3 heterocycles. The number of hydrogen-bond donors (Lipinski definition) is 2. The number of benzene rings is 1. The van der Waals surface area contributed by atoms with Crippen LogP contribution in [0.1, 0.15) is 62.0 Å². The monoisotopic (exact) mass is 511 g/mol. The Balaban J connectivity index is 1.13. The molecule has 2 saturated carbocycles. The molecule has 3 amide bonds. The van der Waals surface area contributed by atoms with Crippen molar-refractivity contribution in [2.45, 2.75) is 82.0 Å². The van der Waals surface area contributed by atoms with Gasteiger partial charge in [-0.3, -0.25) is 19.3 Å². The lowest BCUT2D eigenvalue weighted by Gasteiger charge is -2.48. The fraction of sp³-hybridized carbons (Fsp3) is 0.679. The van der Waals surface area contributed by atoms with Crippen molar-refractivity contribution < 1.29 is 18.8 Å². The van der Waals surface area contributed by atoms with Crippen LogP contribution in [0.5, 0.6) is 0 Å². The number of nitrogens with zero attached hydrogens (tertiary/aromatic N) is 3. The third-order valence-corrected chi connectivity index (χ3v) is 9.61. The van der Waals surface area contributed by atoms with Crippen LogP contribution in [0.3, 0.4) is 0 Å². The van der Waals surface area contributed by atoms with Gasteiger partial charge in [0.05, 0.1) is 6.54 Å². The summed E-state index contributed by atoms with van der Waals surface area (Å²) in [4.78, 5) is 44.5. The van der Waals surface area contributed by atoms with Crippen LogP contribution >= 0.6 is 0 Å². The van der Waals surface area contributed by atoms with Crippen LogP contribution in [0.25, 0.3) is 0 Å². The molecule has 0 spiro atoms. The predicted octanol–water partition coefficient (Wildman–Crippen LogP) is 2.22. The summed E-state index contributed by atoms with van der Waals surface area (Å²) >= 11 is 0. The van der Waals surface area contributed by atoms with E-state index in [9.17, 15) is 18.8 Å². The molecule has 2 saturated heterocycles. The summed E-state index contributed by atoms with van der Waals surface area (Å²) in [5.74, 6) is 0.0170. The Kier molecular flexibility index (Phi) is 6.37. The van der Waals surface area contributed by atoms with Crippen molar-refractivity contribution in [1.82, 2.24) is 20.0 Å². The van der Waals surface area contributed by atoms with E-state index in [-0.39, 0.29) is 48.1 Å². The molecule has 0 bridgehead atoms. The summed E-state index contributed by atoms with van der Waals surface area (Å²) in [6.45, 7) is 4.03. The van der Waals surface area contributed by atoms with Crippen LogP contribution in [0.2, 0.25) is 0 Å². The van der Waals surface area contributed by atoms with Gasteiger partial charge in [0.1, 0.15) is 17.9 Å². The van der Waals surface area contributed by atoms with Crippen LogP contribution in [0.4, 0.5) is 10.1 Å². The predicted molar refractivity (Wildman–Crippen MR) is 138 cm³/mol. The number of rotatable bonds is 4. The second kappa shape index (κ2) is 9.57. The Morgan fingerprint density at radius 1 is 1.11 bits per heavy atom. The lowest BCUT2D eigenvalue weighted by Crippen LogP contribution is -2.67. The summed E-state index contributed by atoms with van der Waals surface area (Å²) in [5, 5.41) is 6.73. The summed E-state index contributed by atoms with van der Waals surface area (Å²) in [6.07, 6.45) is 7.01. The lowest BCUT2D eigenvalue weighted by atomic mass is 9.70. The van der Waals surface area contributed by atoms with E-state index in [4.69, 9.17) is 0 Å². The number of amides is 3. The van der Waals surface area contributed by atoms with Crippen LogP contribution in [-0.4, -0.2) is 89.8 Å². The molecule has 3 aliphatic heterocycles. The molecule has 2 N–H and O–H groups in total. The third-order valence-electron chi connectivity index (χ3n) is 9.61. The van der Waals surface area contributed by atoms with Gasteiger partial charge >= 0.3 is 0 Å². The van der Waals surface area contributed by atoms with Gasteiger partial charge in [0.2, 0.25) is 17.7 Å². The zero-order valence-corrected chi connectivity index (χ0v) is 21.8. The van der Waals surface area contributed by atoms with E-state index >= 15 is 0 Å². The van der Waals surface area contributed by atoms with E-state index in [1.807, 2.05) is 6.92 Å². The molecule has 37 heavy (non-hydrogen) atoms. The molecule has 8 nitrogen and oxygen atoms in total. The van der Waals surface area contributed by atoms with Crippen molar-refractivity contribution >= 4 is 23.4 Å². The van der Waals surface area contributed by atoms with E-state index in [1.54, 1.807) is 18.0 Å². The van der Waals surface area contributed by atoms with E-state index in [0.717, 1.165) is 62.7 Å². The average molecular weight is 512 g/mol. The number of nitrogens with one attached hydrogen (secondary N) is 2. The zero-order chi connectivity index (χ0) is 25.8. The highest BCUT2D eigenvalue weighted by atomic mass is 19.1. The topological polar surface area (TPSA) is 85.0 Å². The molecule has 9 heteroatoms. The smallest absolute Gasteiger partial charge is 0.246 e. The lowest BCUT2D eigenvalue weighted by molar-refractivity contribution is -0.159. The summed E-state index contributed by atoms with van der Waals surface area (Å²) in [6, 6.07) is 2.79. The molecule has 4 fully saturated rings. The van der Waals surface area contributed by atoms with Crippen LogP contribution < -0.4 is 10.6 Å². The fourth-order valence-corrected chi connectivity index (χ4v) is 7.36. The van der Waals surface area contributed by atoms with Crippen molar-refractivity contribution in [1.29, 1.82) is 0 Å². The van der Waals surface area contributed by atoms with Crippen LogP contribution in [0.15, 0.2) is 12.1 Å². The SMILES string of the molecule is Cc1ccc(F)c2c1NC(C(=O)N[C@@H]1CCC[C@H](N3CCN4C(=O)CN(C)C(=O)[C@@H]4C3)C1)C2C1CCC1. The molecule has 2 aliphatic carbocycles. The van der Waals surface area contributed by atoms with E-state index < -0.39 is 12.1 Å². The van der Waals surface area contributed by atoms with Crippen molar-refractivity contribution in [2.75, 3.05) is 38.5 Å². The van der Waals surface area contributed by atoms with E-state index in [0.29, 0.717) is 24.6 Å². The minimum atomic E-state index is -0.443. The Labute approximate surface area is 217 Å². The summed E-state index contributed by atoms with van der Waals surface area (Å²) < 4.78 is 15.0. The Hall–Kier alpha value is -2.68. The highest BCUT2D eigenvalue weighted by molar-refractivity contribution is 5.95. The van der Waals surface area contributed by atoms with Gasteiger partial charge in [0, 0.05) is 55.9 Å². The van der Waals surface area contributed by atoms with Crippen LogP contribution in [0, 0.1) is 18.7 Å².